The third kappa shape index (κ3) is 5.74. The number of ether oxygens (including phenoxy) is 2. The first kappa shape index (κ1) is 25.6. The second-order valence-corrected chi connectivity index (χ2v) is 8.31. The van der Waals surface area contributed by atoms with Gasteiger partial charge in [-0.2, -0.15) is 13.2 Å². The minimum atomic E-state index is -4.41. The van der Waals surface area contributed by atoms with Gasteiger partial charge in [-0.05, 0) is 43.0 Å². The fourth-order valence-corrected chi connectivity index (χ4v) is 4.36. The van der Waals surface area contributed by atoms with Crippen molar-refractivity contribution in [1.29, 1.82) is 0 Å². The zero-order valence-electron chi connectivity index (χ0n) is 19.7. The van der Waals surface area contributed by atoms with Crippen molar-refractivity contribution in [2.24, 2.45) is 17.4 Å². The molecule has 2 aromatic rings. The van der Waals surface area contributed by atoms with Gasteiger partial charge in [0, 0.05) is 51.2 Å². The van der Waals surface area contributed by atoms with Crippen LogP contribution in [0.2, 0.25) is 0 Å². The SMILES string of the molecule is COC(OC)C1CCN(c2cnc(=C/N)/c(=C(\N)NCc3cccc(C(F)(F)F)c3C)c2)CC1. The molecule has 0 amide bonds. The van der Waals surface area contributed by atoms with Crippen molar-refractivity contribution in [2.45, 2.75) is 38.8 Å². The molecule has 1 saturated heterocycles. The summed E-state index contributed by atoms with van der Waals surface area (Å²) in [7, 11) is 3.29. The van der Waals surface area contributed by atoms with Gasteiger partial charge in [0.15, 0.2) is 6.29 Å². The Labute approximate surface area is 197 Å². The lowest BCUT2D eigenvalue weighted by Crippen LogP contribution is -2.42. The summed E-state index contributed by atoms with van der Waals surface area (Å²) in [5.41, 5.74) is 13.0. The van der Waals surface area contributed by atoms with Crippen LogP contribution in [0.5, 0.6) is 0 Å². The predicted molar refractivity (Wildman–Crippen MR) is 125 cm³/mol. The number of alkyl halides is 3. The lowest BCUT2D eigenvalue weighted by molar-refractivity contribution is -0.141. The monoisotopic (exact) mass is 479 g/mol. The number of nitrogens with zero attached hydrogens (tertiary/aromatic N) is 2. The first-order valence-corrected chi connectivity index (χ1v) is 11.1. The first-order valence-electron chi connectivity index (χ1n) is 11.1. The zero-order chi connectivity index (χ0) is 24.9. The van der Waals surface area contributed by atoms with Crippen LogP contribution < -0.4 is 32.3 Å². The third-order valence-corrected chi connectivity index (χ3v) is 6.33. The number of piperidine rings is 1. The molecule has 2 heterocycles. The van der Waals surface area contributed by atoms with E-state index in [-0.39, 0.29) is 24.2 Å². The van der Waals surface area contributed by atoms with Crippen LogP contribution in [0.3, 0.4) is 0 Å². The summed E-state index contributed by atoms with van der Waals surface area (Å²) >= 11 is 0. The molecule has 7 nitrogen and oxygen atoms in total. The molecule has 0 atom stereocenters. The normalized spacial score (nSPS) is 16.8. The number of nitrogens with one attached hydrogen (secondary N) is 1. The Balaban J connectivity index is 1.82. The molecule has 1 aliphatic heterocycles. The van der Waals surface area contributed by atoms with E-state index < -0.39 is 11.7 Å². The number of hydrogen-bond acceptors (Lipinski definition) is 7. The Morgan fingerprint density at radius 3 is 2.53 bits per heavy atom. The first-order chi connectivity index (χ1) is 16.2. The highest BCUT2D eigenvalue weighted by Gasteiger charge is 2.32. The summed E-state index contributed by atoms with van der Waals surface area (Å²) in [4.78, 5) is 6.65. The van der Waals surface area contributed by atoms with E-state index in [1.165, 1.54) is 19.2 Å². The largest absolute Gasteiger partial charge is 0.416 e. The summed E-state index contributed by atoms with van der Waals surface area (Å²) < 4.78 is 50.5. The maximum absolute atomic E-state index is 13.2. The van der Waals surface area contributed by atoms with E-state index in [4.69, 9.17) is 20.9 Å². The number of aromatic nitrogens is 1. The van der Waals surface area contributed by atoms with Crippen LogP contribution in [0, 0.1) is 12.8 Å². The molecule has 3 rings (SSSR count). The van der Waals surface area contributed by atoms with Gasteiger partial charge in [0.1, 0.15) is 5.82 Å². The number of nitrogens with two attached hydrogens (primary N) is 2. The molecule has 0 aliphatic carbocycles. The lowest BCUT2D eigenvalue weighted by atomic mass is 9.96. The van der Waals surface area contributed by atoms with Crippen LogP contribution in [-0.2, 0) is 22.2 Å². The van der Waals surface area contributed by atoms with Crippen LogP contribution >= 0.6 is 0 Å². The molecule has 1 fully saturated rings. The standard InChI is InChI=1S/C24H32F3N5O2/c1-15-17(5-4-6-20(15)24(25,26)27)13-31-22(29)19-11-18(14-30-21(19)12-28)32-9-7-16(8-10-32)23(33-2)34-3/h4-6,11-12,14,16,23,31H,7-10,13,28-29H2,1-3H3/b21-12+,22-19+. The number of anilines is 1. The van der Waals surface area contributed by atoms with Crippen LogP contribution in [-0.4, -0.2) is 38.6 Å². The predicted octanol–water partition coefficient (Wildman–Crippen LogP) is 1.76. The van der Waals surface area contributed by atoms with Crippen LogP contribution in [0.4, 0.5) is 18.9 Å². The number of benzene rings is 1. The van der Waals surface area contributed by atoms with Gasteiger partial charge in [0.25, 0.3) is 0 Å². The highest BCUT2D eigenvalue weighted by molar-refractivity contribution is 5.50. The minimum absolute atomic E-state index is 0.136. The smallest absolute Gasteiger partial charge is 0.403 e. The number of pyridine rings is 1. The van der Waals surface area contributed by atoms with E-state index in [0.29, 0.717) is 22.0 Å². The van der Waals surface area contributed by atoms with Crippen molar-refractivity contribution in [3.8, 4) is 0 Å². The number of halogens is 3. The average Bonchev–Trinajstić information content (AvgIpc) is 2.83. The van der Waals surface area contributed by atoms with E-state index in [1.54, 1.807) is 26.5 Å². The number of hydrogen-bond donors (Lipinski definition) is 3. The van der Waals surface area contributed by atoms with E-state index in [0.717, 1.165) is 37.7 Å². The molecule has 34 heavy (non-hydrogen) atoms. The molecule has 0 radical (unpaired) electrons. The van der Waals surface area contributed by atoms with Crippen molar-refractivity contribution in [3.05, 3.63) is 57.7 Å². The molecule has 10 heteroatoms. The summed E-state index contributed by atoms with van der Waals surface area (Å²) in [5.74, 6) is 0.598. The van der Waals surface area contributed by atoms with Gasteiger partial charge < -0.3 is 31.2 Å². The fraction of sp³-hybridized carbons (Fsp3) is 0.458. The molecule has 5 N–H and O–H groups in total. The Hall–Kier alpha value is -2.98. The molecular formula is C24H32F3N5O2. The Morgan fingerprint density at radius 2 is 1.94 bits per heavy atom. The van der Waals surface area contributed by atoms with Gasteiger partial charge in [-0.15, -0.1) is 0 Å². The van der Waals surface area contributed by atoms with E-state index in [9.17, 15) is 13.2 Å². The molecule has 0 bridgehead atoms. The van der Waals surface area contributed by atoms with Crippen molar-refractivity contribution in [3.63, 3.8) is 0 Å². The van der Waals surface area contributed by atoms with Crippen LogP contribution in [0.15, 0.2) is 30.5 Å². The molecule has 0 unspecified atom stereocenters. The second-order valence-electron chi connectivity index (χ2n) is 8.31. The molecule has 1 aromatic heterocycles. The van der Waals surface area contributed by atoms with Gasteiger partial charge in [-0.3, -0.25) is 4.98 Å². The van der Waals surface area contributed by atoms with E-state index >= 15 is 0 Å². The minimum Gasteiger partial charge on any atom is -0.403 e. The fourth-order valence-electron chi connectivity index (χ4n) is 4.36. The van der Waals surface area contributed by atoms with E-state index in [1.807, 2.05) is 6.07 Å². The quantitative estimate of drug-likeness (QED) is 0.521. The second kappa shape index (κ2) is 11.0. The summed E-state index contributed by atoms with van der Waals surface area (Å²) in [6.45, 7) is 3.20. The topological polar surface area (TPSA) is 98.7 Å². The molecular weight excluding hydrogens is 447 g/mol. The highest BCUT2D eigenvalue weighted by atomic mass is 19.4. The Kier molecular flexibility index (Phi) is 8.27. The van der Waals surface area contributed by atoms with Gasteiger partial charge in [-0.1, -0.05) is 12.1 Å². The third-order valence-electron chi connectivity index (χ3n) is 6.33. The van der Waals surface area contributed by atoms with Gasteiger partial charge in [-0.25, -0.2) is 0 Å². The van der Waals surface area contributed by atoms with Crippen LogP contribution in [0.25, 0.3) is 12.0 Å². The van der Waals surface area contributed by atoms with Gasteiger partial charge in [0.2, 0.25) is 0 Å². The molecule has 1 aromatic carbocycles. The van der Waals surface area contributed by atoms with Crippen molar-refractivity contribution in [1.82, 2.24) is 10.3 Å². The Morgan fingerprint density at radius 1 is 1.26 bits per heavy atom. The van der Waals surface area contributed by atoms with Crippen molar-refractivity contribution < 1.29 is 22.6 Å². The summed E-state index contributed by atoms with van der Waals surface area (Å²) in [6, 6.07) is 6.02. The summed E-state index contributed by atoms with van der Waals surface area (Å²) in [6.07, 6.45) is 0.276. The molecule has 186 valence electrons. The number of rotatable bonds is 7. The Bertz CT molecular complexity index is 1090. The number of methoxy groups -OCH3 is 2. The van der Waals surface area contributed by atoms with Crippen molar-refractivity contribution in [2.75, 3.05) is 32.2 Å². The lowest BCUT2D eigenvalue weighted by Gasteiger charge is -2.35. The van der Waals surface area contributed by atoms with Crippen molar-refractivity contribution >= 4 is 17.7 Å². The molecule has 0 saturated carbocycles. The van der Waals surface area contributed by atoms with Gasteiger partial charge in [0.05, 0.1) is 22.8 Å². The maximum Gasteiger partial charge on any atom is 0.416 e. The maximum atomic E-state index is 13.2. The average molecular weight is 480 g/mol. The van der Waals surface area contributed by atoms with E-state index in [2.05, 4.69) is 15.2 Å². The van der Waals surface area contributed by atoms with Gasteiger partial charge >= 0.3 is 6.18 Å². The molecule has 1 aliphatic rings. The highest BCUT2D eigenvalue weighted by Crippen LogP contribution is 2.33. The van der Waals surface area contributed by atoms with Crippen LogP contribution in [0.1, 0.15) is 29.5 Å². The zero-order valence-corrected chi connectivity index (χ0v) is 19.7. The summed E-state index contributed by atoms with van der Waals surface area (Å²) in [5, 5.41) is 4.12. The molecule has 0 spiro atoms.